The maximum Gasteiger partial charge on any atom is 0.315 e. The summed E-state index contributed by atoms with van der Waals surface area (Å²) in [6, 6.07) is 3.72. The van der Waals surface area contributed by atoms with Crippen LogP contribution < -0.4 is 10.6 Å². The van der Waals surface area contributed by atoms with Gasteiger partial charge in [-0.15, -0.1) is 0 Å². The molecule has 2 aromatic rings. The second-order valence-corrected chi connectivity index (χ2v) is 7.09. The number of nitrogens with one attached hydrogen (secondary N) is 2. The summed E-state index contributed by atoms with van der Waals surface area (Å²) in [6.45, 7) is 4.29. The molecule has 2 N–H and O–H groups in total. The van der Waals surface area contributed by atoms with E-state index < -0.39 is 0 Å². The van der Waals surface area contributed by atoms with E-state index in [1.807, 2.05) is 19.1 Å². The van der Waals surface area contributed by atoms with Crippen LogP contribution >= 0.6 is 0 Å². The Balaban J connectivity index is 1.33. The van der Waals surface area contributed by atoms with Crippen LogP contribution in [0.25, 0.3) is 0 Å². The van der Waals surface area contributed by atoms with Gasteiger partial charge in [0.2, 0.25) is 0 Å². The predicted octanol–water partition coefficient (Wildman–Crippen LogP) is 2.29. The second kappa shape index (κ2) is 7.45. The molecule has 0 saturated carbocycles. The zero-order chi connectivity index (χ0) is 17.9. The first-order valence-electron chi connectivity index (χ1n) is 9.30. The van der Waals surface area contributed by atoms with Gasteiger partial charge in [-0.25, -0.2) is 9.78 Å². The largest absolute Gasteiger partial charge is 0.371 e. The third kappa shape index (κ3) is 3.58. The highest BCUT2D eigenvalue weighted by Crippen LogP contribution is 2.29. The minimum absolute atomic E-state index is 0.0204. The topological polar surface area (TPSA) is 81.1 Å². The van der Waals surface area contributed by atoms with E-state index in [0.717, 1.165) is 42.9 Å². The number of rotatable bonds is 4. The molecule has 1 fully saturated rings. The summed E-state index contributed by atoms with van der Waals surface area (Å²) < 4.78 is 8.03. The van der Waals surface area contributed by atoms with Gasteiger partial charge < -0.3 is 19.9 Å². The number of imidazole rings is 1. The highest BCUT2D eigenvalue weighted by molar-refractivity contribution is 5.74. The average molecular weight is 355 g/mol. The molecule has 2 aliphatic rings. The molecule has 1 saturated heterocycles. The number of hydrogen-bond donors (Lipinski definition) is 2. The molecule has 3 atom stereocenters. The molecule has 4 rings (SSSR count). The first-order chi connectivity index (χ1) is 12.7. The third-order valence-electron chi connectivity index (χ3n) is 5.20. The average Bonchev–Trinajstić information content (AvgIpc) is 3.26. The minimum atomic E-state index is -0.139. The van der Waals surface area contributed by atoms with E-state index in [4.69, 9.17) is 4.74 Å². The van der Waals surface area contributed by atoms with E-state index in [2.05, 4.69) is 31.4 Å². The monoisotopic (exact) mass is 355 g/mol. The summed E-state index contributed by atoms with van der Waals surface area (Å²) in [6.07, 6.45) is 8.48. The number of urea groups is 1. The Morgan fingerprint density at radius 2 is 2.19 bits per heavy atom. The highest BCUT2D eigenvalue weighted by Gasteiger charge is 2.31. The van der Waals surface area contributed by atoms with Crippen molar-refractivity contribution in [1.29, 1.82) is 0 Å². The Hall–Kier alpha value is -2.41. The maximum absolute atomic E-state index is 12.4. The van der Waals surface area contributed by atoms with E-state index in [1.165, 1.54) is 0 Å². The van der Waals surface area contributed by atoms with Crippen molar-refractivity contribution in [3.63, 3.8) is 0 Å². The number of carbonyl (C=O) groups excluding carboxylic acids is 1. The molecule has 2 aromatic heterocycles. The molecule has 7 heteroatoms. The van der Waals surface area contributed by atoms with Gasteiger partial charge in [0.25, 0.3) is 0 Å². The van der Waals surface area contributed by atoms with E-state index in [0.29, 0.717) is 13.2 Å². The van der Waals surface area contributed by atoms with Crippen molar-refractivity contribution < 1.29 is 9.53 Å². The fraction of sp³-hybridized carbons (Fsp3) is 0.526. The smallest absolute Gasteiger partial charge is 0.315 e. The van der Waals surface area contributed by atoms with Gasteiger partial charge in [0.15, 0.2) is 0 Å². The fourth-order valence-electron chi connectivity index (χ4n) is 3.96. The number of ether oxygens (including phenoxy) is 1. The summed E-state index contributed by atoms with van der Waals surface area (Å²) in [5, 5.41) is 6.10. The van der Waals surface area contributed by atoms with Crippen LogP contribution in [0.4, 0.5) is 4.79 Å². The van der Waals surface area contributed by atoms with Gasteiger partial charge in [0.05, 0.1) is 11.7 Å². The van der Waals surface area contributed by atoms with E-state index in [1.54, 1.807) is 12.4 Å². The van der Waals surface area contributed by atoms with Crippen molar-refractivity contribution >= 4 is 6.03 Å². The first-order valence-corrected chi connectivity index (χ1v) is 9.30. The predicted molar refractivity (Wildman–Crippen MR) is 96.8 cm³/mol. The maximum atomic E-state index is 12.4. The highest BCUT2D eigenvalue weighted by atomic mass is 16.5. The van der Waals surface area contributed by atoms with E-state index >= 15 is 0 Å². The molecule has 2 amide bonds. The Kier molecular flexibility index (Phi) is 4.88. The normalized spacial score (nSPS) is 24.9. The molecule has 0 bridgehead atoms. The zero-order valence-corrected chi connectivity index (χ0v) is 15.0. The van der Waals surface area contributed by atoms with E-state index in [-0.39, 0.29) is 24.1 Å². The van der Waals surface area contributed by atoms with Crippen molar-refractivity contribution in [2.45, 2.75) is 50.8 Å². The number of amides is 2. The lowest BCUT2D eigenvalue weighted by Gasteiger charge is -2.25. The number of aromatic nitrogens is 3. The molecule has 4 heterocycles. The van der Waals surface area contributed by atoms with Gasteiger partial charge in [-0.3, -0.25) is 4.98 Å². The molecular formula is C19H25N5O2. The minimum Gasteiger partial charge on any atom is -0.371 e. The standard InChI is InChI=1S/C19H25N5O2/c1-13-12-24-9-2-3-15(18(24)22-13)11-21-19(25)23-16-6-10-26-17(16)14-4-7-20-8-5-14/h4-5,7-8,12,15-17H,2-3,6,9-11H2,1H3,(H2,21,23,25)/t15?,16-,17+/m1/s1. The molecule has 0 aromatic carbocycles. The Labute approximate surface area is 153 Å². The molecule has 1 unspecified atom stereocenters. The molecule has 138 valence electrons. The van der Waals surface area contributed by atoms with Crippen molar-refractivity contribution in [1.82, 2.24) is 25.2 Å². The lowest BCUT2D eigenvalue weighted by atomic mass is 9.99. The summed E-state index contributed by atoms with van der Waals surface area (Å²) in [7, 11) is 0. The SMILES string of the molecule is Cc1cn2c(n1)C(CNC(=O)N[C@@H]1CCO[C@H]1c1ccncc1)CCC2. The molecule has 2 aliphatic heterocycles. The summed E-state index contributed by atoms with van der Waals surface area (Å²) in [4.78, 5) is 21.1. The summed E-state index contributed by atoms with van der Waals surface area (Å²) in [5.74, 6) is 1.37. The van der Waals surface area contributed by atoms with Crippen LogP contribution in [0.3, 0.4) is 0 Å². The van der Waals surface area contributed by atoms with Gasteiger partial charge in [0.1, 0.15) is 11.9 Å². The van der Waals surface area contributed by atoms with Gasteiger partial charge in [0, 0.05) is 44.2 Å². The van der Waals surface area contributed by atoms with Gasteiger partial charge in [-0.1, -0.05) is 0 Å². The Morgan fingerprint density at radius 3 is 3.04 bits per heavy atom. The van der Waals surface area contributed by atoms with Crippen LogP contribution in [0, 0.1) is 6.92 Å². The number of fused-ring (bicyclic) bond motifs is 1. The van der Waals surface area contributed by atoms with Crippen LogP contribution in [0.5, 0.6) is 0 Å². The number of carbonyl (C=O) groups is 1. The Bertz CT molecular complexity index is 761. The van der Waals surface area contributed by atoms with E-state index in [9.17, 15) is 4.79 Å². The van der Waals surface area contributed by atoms with Crippen molar-refractivity contribution in [3.05, 3.63) is 47.8 Å². The van der Waals surface area contributed by atoms with Crippen molar-refractivity contribution in [3.8, 4) is 0 Å². The van der Waals surface area contributed by atoms with Gasteiger partial charge in [-0.05, 0) is 43.9 Å². The molecule has 0 radical (unpaired) electrons. The third-order valence-corrected chi connectivity index (χ3v) is 5.20. The number of nitrogens with zero attached hydrogens (tertiary/aromatic N) is 3. The van der Waals surface area contributed by atoms with Crippen LogP contribution in [-0.2, 0) is 11.3 Å². The molecular weight excluding hydrogens is 330 g/mol. The lowest BCUT2D eigenvalue weighted by Crippen LogP contribution is -2.44. The summed E-state index contributed by atoms with van der Waals surface area (Å²) >= 11 is 0. The zero-order valence-electron chi connectivity index (χ0n) is 15.0. The fourth-order valence-corrected chi connectivity index (χ4v) is 3.96. The number of hydrogen-bond acceptors (Lipinski definition) is 4. The van der Waals surface area contributed by atoms with Crippen LogP contribution in [-0.4, -0.2) is 39.8 Å². The number of pyridine rings is 1. The van der Waals surface area contributed by atoms with Gasteiger partial charge in [-0.2, -0.15) is 0 Å². The van der Waals surface area contributed by atoms with Crippen LogP contribution in [0.2, 0.25) is 0 Å². The number of aryl methyl sites for hydroxylation is 2. The first kappa shape index (κ1) is 17.0. The van der Waals surface area contributed by atoms with Crippen molar-refractivity contribution in [2.75, 3.05) is 13.2 Å². The molecule has 0 spiro atoms. The van der Waals surface area contributed by atoms with Crippen LogP contribution in [0.15, 0.2) is 30.7 Å². The van der Waals surface area contributed by atoms with Crippen molar-refractivity contribution in [2.24, 2.45) is 0 Å². The van der Waals surface area contributed by atoms with Crippen LogP contribution in [0.1, 0.15) is 48.4 Å². The Morgan fingerprint density at radius 1 is 1.35 bits per heavy atom. The molecule has 0 aliphatic carbocycles. The molecule has 7 nitrogen and oxygen atoms in total. The lowest BCUT2D eigenvalue weighted by molar-refractivity contribution is 0.0998. The van der Waals surface area contributed by atoms with Gasteiger partial charge >= 0.3 is 6.03 Å². The summed E-state index contributed by atoms with van der Waals surface area (Å²) in [5.41, 5.74) is 2.09. The second-order valence-electron chi connectivity index (χ2n) is 7.09. The molecule has 26 heavy (non-hydrogen) atoms. The quantitative estimate of drug-likeness (QED) is 0.882.